The second kappa shape index (κ2) is 6.72. The summed E-state index contributed by atoms with van der Waals surface area (Å²) in [5.41, 5.74) is -3.60. The fraction of sp³-hybridized carbons (Fsp3) is 0.385. The summed E-state index contributed by atoms with van der Waals surface area (Å²) in [6, 6.07) is 0.699. The Kier molecular flexibility index (Phi) is 5.14. The van der Waals surface area contributed by atoms with E-state index in [-0.39, 0.29) is 11.2 Å². The number of hydrogen-bond acceptors (Lipinski definition) is 7. The molecule has 0 aliphatic carbocycles. The summed E-state index contributed by atoms with van der Waals surface area (Å²) in [4.78, 5) is 26.3. The normalized spacial score (nSPS) is 12.4. The van der Waals surface area contributed by atoms with Crippen molar-refractivity contribution < 1.29 is 32.0 Å². The zero-order valence-corrected chi connectivity index (χ0v) is 13.7. The lowest BCUT2D eigenvalue weighted by molar-refractivity contribution is -0.383. The molecule has 0 saturated carbocycles. The predicted molar refractivity (Wildman–Crippen MR) is 82.8 cm³/mol. The van der Waals surface area contributed by atoms with Gasteiger partial charge in [-0.05, 0) is 6.07 Å². The van der Waals surface area contributed by atoms with Gasteiger partial charge in [-0.15, -0.1) is 0 Å². The number of halogens is 5. The van der Waals surface area contributed by atoms with Crippen molar-refractivity contribution in [1.29, 1.82) is 0 Å². The van der Waals surface area contributed by atoms with Crippen LogP contribution in [-0.2, 0) is 6.18 Å². The summed E-state index contributed by atoms with van der Waals surface area (Å²) >= 11 is 0.425. The largest absolute Gasteiger partial charge is 0.416 e. The maximum Gasteiger partial charge on any atom is 0.416 e. The molecule has 0 spiro atoms. The molecule has 0 unspecified atom stereocenters. The fourth-order valence-electron chi connectivity index (χ4n) is 2.07. The van der Waals surface area contributed by atoms with Crippen molar-refractivity contribution in [3.8, 4) is 0 Å². The van der Waals surface area contributed by atoms with Gasteiger partial charge in [0, 0.05) is 13.1 Å². The average Bonchev–Trinajstić information content (AvgIpc) is 2.52. The molecule has 0 amide bonds. The molecular weight excluding hydrogens is 389 g/mol. The van der Waals surface area contributed by atoms with Gasteiger partial charge in [0.15, 0.2) is 5.13 Å². The predicted octanol–water partition coefficient (Wildman–Crippen LogP) is 2.65. The van der Waals surface area contributed by atoms with E-state index in [1.807, 2.05) is 0 Å². The van der Waals surface area contributed by atoms with Crippen molar-refractivity contribution in [3.05, 3.63) is 38.2 Å². The minimum absolute atomic E-state index is 0.268. The van der Waals surface area contributed by atoms with Crippen molar-refractivity contribution in [3.63, 3.8) is 0 Å². The lowest BCUT2D eigenvalue weighted by Gasteiger charge is -2.22. The smallest absolute Gasteiger partial charge is 0.390 e. The maximum atomic E-state index is 13.3. The number of aliphatic hydroxyl groups is 1. The van der Waals surface area contributed by atoms with Crippen LogP contribution in [0, 0.1) is 10.1 Å². The van der Waals surface area contributed by atoms with Crippen LogP contribution >= 0.6 is 11.3 Å². The van der Waals surface area contributed by atoms with Gasteiger partial charge in [-0.25, -0.2) is 8.78 Å². The molecule has 26 heavy (non-hydrogen) atoms. The van der Waals surface area contributed by atoms with Gasteiger partial charge >= 0.3 is 6.18 Å². The molecule has 1 heterocycles. The number of benzene rings is 1. The molecule has 1 N–H and O–H groups in total. The van der Waals surface area contributed by atoms with Gasteiger partial charge in [-0.1, -0.05) is 11.3 Å². The fourth-order valence-corrected chi connectivity index (χ4v) is 3.09. The third-order valence-electron chi connectivity index (χ3n) is 3.24. The van der Waals surface area contributed by atoms with Gasteiger partial charge in [-0.2, -0.15) is 18.2 Å². The van der Waals surface area contributed by atoms with Gasteiger partial charge in [0.05, 0.1) is 22.4 Å². The monoisotopic (exact) mass is 399 g/mol. The van der Waals surface area contributed by atoms with Crippen LogP contribution in [0.5, 0.6) is 0 Å². The Labute approximate surface area is 145 Å². The molecule has 13 heteroatoms. The molecule has 0 aliphatic heterocycles. The van der Waals surface area contributed by atoms with Crippen molar-refractivity contribution in [2.45, 2.75) is 12.1 Å². The SMILES string of the molecule is CN(CC(F)(F)CO)c1nc(=O)c2cc(C(F)(F)F)cc([N+](=O)[O-])c2s1. The highest BCUT2D eigenvalue weighted by atomic mass is 32.1. The summed E-state index contributed by atoms with van der Waals surface area (Å²) in [6.45, 7) is -2.53. The van der Waals surface area contributed by atoms with Crippen LogP contribution in [0.3, 0.4) is 0 Å². The van der Waals surface area contributed by atoms with E-state index >= 15 is 0 Å². The molecule has 1 aromatic heterocycles. The number of anilines is 1. The number of hydrogen-bond donors (Lipinski definition) is 1. The van der Waals surface area contributed by atoms with Crippen LogP contribution < -0.4 is 10.5 Å². The van der Waals surface area contributed by atoms with Crippen molar-refractivity contribution in [2.75, 3.05) is 25.1 Å². The number of nitro groups is 1. The molecule has 2 rings (SSSR count). The number of nitrogens with zero attached hydrogens (tertiary/aromatic N) is 3. The standard InChI is InChI=1S/C13H10F5N3O4S/c1-20(4-12(14,15)5-22)11-19-10(23)7-2-6(13(16,17)18)3-8(21(24)25)9(7)26-11/h2-3,22H,4-5H2,1H3. The molecule has 0 fully saturated rings. The lowest BCUT2D eigenvalue weighted by atomic mass is 10.1. The molecule has 142 valence electrons. The number of aromatic nitrogens is 1. The molecule has 0 atom stereocenters. The molecule has 2 aromatic rings. The van der Waals surface area contributed by atoms with E-state index in [1.54, 1.807) is 0 Å². The van der Waals surface area contributed by atoms with Gasteiger partial charge < -0.3 is 10.0 Å². The first-order valence-corrected chi connectivity index (χ1v) is 7.57. The molecule has 0 saturated heterocycles. The number of alkyl halides is 5. The minimum Gasteiger partial charge on any atom is -0.390 e. The third kappa shape index (κ3) is 4.04. The number of nitro benzene ring substituents is 1. The highest BCUT2D eigenvalue weighted by Crippen LogP contribution is 2.38. The van der Waals surface area contributed by atoms with E-state index in [2.05, 4.69) is 4.98 Å². The lowest BCUT2D eigenvalue weighted by Crippen LogP contribution is -2.37. The molecule has 1 aromatic carbocycles. The van der Waals surface area contributed by atoms with E-state index in [0.29, 0.717) is 17.4 Å². The summed E-state index contributed by atoms with van der Waals surface area (Å²) in [5, 5.41) is 18.7. The van der Waals surface area contributed by atoms with Crippen molar-refractivity contribution in [1.82, 2.24) is 4.98 Å². The Hall–Kier alpha value is -2.41. The van der Waals surface area contributed by atoms with Crippen LogP contribution in [0.4, 0.5) is 32.8 Å². The molecule has 7 nitrogen and oxygen atoms in total. The van der Waals surface area contributed by atoms with Crippen LogP contribution in [0.15, 0.2) is 16.9 Å². The number of fused-ring (bicyclic) bond motifs is 1. The first kappa shape index (κ1) is 19.9. The highest BCUT2D eigenvalue weighted by molar-refractivity contribution is 7.22. The molecule has 0 aliphatic rings. The first-order valence-electron chi connectivity index (χ1n) is 6.76. The minimum atomic E-state index is -4.92. The second-order valence-electron chi connectivity index (χ2n) is 5.30. The Morgan fingerprint density at radius 3 is 2.42 bits per heavy atom. The molecule has 0 radical (unpaired) electrons. The summed E-state index contributed by atoms with van der Waals surface area (Å²) in [5.74, 6) is -3.53. The van der Waals surface area contributed by atoms with Gasteiger partial charge in [0.1, 0.15) is 11.3 Å². The quantitative estimate of drug-likeness (QED) is 0.472. The second-order valence-corrected chi connectivity index (χ2v) is 6.28. The van der Waals surface area contributed by atoms with E-state index in [1.165, 1.54) is 0 Å². The van der Waals surface area contributed by atoms with E-state index in [4.69, 9.17) is 5.11 Å². The van der Waals surface area contributed by atoms with Crippen molar-refractivity contribution in [2.24, 2.45) is 0 Å². The van der Waals surface area contributed by atoms with Crippen LogP contribution in [-0.4, -0.2) is 41.1 Å². The Morgan fingerprint density at radius 2 is 1.92 bits per heavy atom. The van der Waals surface area contributed by atoms with E-state index < -0.39 is 57.1 Å². The average molecular weight is 399 g/mol. The van der Waals surface area contributed by atoms with Gasteiger partial charge in [-0.3, -0.25) is 14.9 Å². The summed E-state index contributed by atoms with van der Waals surface area (Å²) in [7, 11) is 1.10. The zero-order valence-electron chi connectivity index (χ0n) is 12.9. The number of aliphatic hydroxyl groups excluding tert-OH is 1. The van der Waals surface area contributed by atoms with Gasteiger partial charge in [0.25, 0.3) is 17.2 Å². The summed E-state index contributed by atoms with van der Waals surface area (Å²) < 4.78 is 64.7. The molecular formula is C13H10F5N3O4S. The Balaban J connectivity index is 2.68. The van der Waals surface area contributed by atoms with Crippen LogP contribution in [0.25, 0.3) is 10.1 Å². The number of rotatable bonds is 5. The van der Waals surface area contributed by atoms with Crippen LogP contribution in [0.1, 0.15) is 5.56 Å². The number of non-ortho nitro benzene ring substituents is 1. The first-order chi connectivity index (χ1) is 11.9. The van der Waals surface area contributed by atoms with Crippen molar-refractivity contribution >= 4 is 32.2 Å². The van der Waals surface area contributed by atoms with E-state index in [9.17, 15) is 36.9 Å². The molecule has 0 bridgehead atoms. The van der Waals surface area contributed by atoms with E-state index in [0.717, 1.165) is 11.9 Å². The Morgan fingerprint density at radius 1 is 1.31 bits per heavy atom. The zero-order chi connectivity index (χ0) is 19.9. The van der Waals surface area contributed by atoms with Gasteiger partial charge in [0.2, 0.25) is 0 Å². The third-order valence-corrected chi connectivity index (χ3v) is 4.46. The topological polar surface area (TPSA) is 96.6 Å². The van der Waals surface area contributed by atoms with Crippen LogP contribution in [0.2, 0.25) is 0 Å². The maximum absolute atomic E-state index is 13.3. The summed E-state index contributed by atoms with van der Waals surface area (Å²) in [6.07, 6.45) is -4.92. The Bertz CT molecular complexity index is 915. The highest BCUT2D eigenvalue weighted by Gasteiger charge is 2.35.